The van der Waals surface area contributed by atoms with Crippen LogP contribution in [0.3, 0.4) is 0 Å². The lowest BCUT2D eigenvalue weighted by atomic mass is 10.1. The van der Waals surface area contributed by atoms with E-state index in [-0.39, 0.29) is 0 Å². The Balaban J connectivity index is 2.41. The second-order valence-corrected chi connectivity index (χ2v) is 4.61. The van der Waals surface area contributed by atoms with Gasteiger partial charge in [-0.2, -0.15) is 0 Å². The van der Waals surface area contributed by atoms with Crippen molar-refractivity contribution < 1.29 is 0 Å². The third kappa shape index (κ3) is 1.55. The van der Waals surface area contributed by atoms with Crippen LogP contribution in [0.5, 0.6) is 0 Å². The van der Waals surface area contributed by atoms with Crippen molar-refractivity contribution >= 4 is 10.9 Å². The summed E-state index contributed by atoms with van der Waals surface area (Å²) in [7, 11) is 0. The molecule has 2 aromatic carbocycles. The maximum absolute atomic E-state index is 2.38. The quantitative estimate of drug-likeness (QED) is 0.616. The number of aryl methyl sites for hydroxylation is 1. The van der Waals surface area contributed by atoms with E-state index in [1.165, 1.54) is 27.8 Å². The summed E-state index contributed by atoms with van der Waals surface area (Å²) >= 11 is 0. The predicted molar refractivity (Wildman–Crippen MR) is 77.4 cm³/mol. The molecule has 1 nitrogen and oxygen atoms in total. The van der Waals surface area contributed by atoms with Gasteiger partial charge in [-0.3, -0.25) is 0 Å². The van der Waals surface area contributed by atoms with Crippen molar-refractivity contribution in [1.29, 1.82) is 0 Å². The minimum Gasteiger partial charge on any atom is -0.313 e. The van der Waals surface area contributed by atoms with Crippen LogP contribution in [-0.4, -0.2) is 4.57 Å². The molecule has 1 aromatic heterocycles. The van der Waals surface area contributed by atoms with E-state index in [2.05, 4.69) is 73.0 Å². The Labute approximate surface area is 108 Å². The van der Waals surface area contributed by atoms with Crippen molar-refractivity contribution in [3.63, 3.8) is 0 Å². The molecule has 1 heterocycles. The van der Waals surface area contributed by atoms with E-state index in [0.29, 0.717) is 0 Å². The predicted octanol–water partition coefficient (Wildman–Crippen LogP) is 4.50. The maximum Gasteiger partial charge on any atom is 0.0534 e. The molecule has 0 N–H and O–H groups in total. The van der Waals surface area contributed by atoms with Crippen molar-refractivity contribution in [2.75, 3.05) is 0 Å². The molecule has 0 aliphatic carbocycles. The molecule has 18 heavy (non-hydrogen) atoms. The fraction of sp³-hybridized carbons (Fsp3) is 0.176. The first kappa shape index (κ1) is 11.1. The number of nitrogens with zero attached hydrogens (tertiary/aromatic N) is 1. The zero-order valence-electron chi connectivity index (χ0n) is 10.9. The standard InChI is InChI=1S/C17H17N/c1-3-16-13(2)15-11-7-8-12-17(15)18(16)14-9-5-4-6-10-14/h4-12H,3H2,1-2H3. The van der Waals surface area contributed by atoms with Crippen LogP contribution in [0.2, 0.25) is 0 Å². The zero-order chi connectivity index (χ0) is 12.5. The Morgan fingerprint density at radius 2 is 1.56 bits per heavy atom. The molecule has 0 atom stereocenters. The molecule has 0 saturated heterocycles. The van der Waals surface area contributed by atoms with Gasteiger partial charge in [0.1, 0.15) is 0 Å². The molecular weight excluding hydrogens is 218 g/mol. The molecule has 3 rings (SSSR count). The highest BCUT2D eigenvalue weighted by atomic mass is 15.0. The highest BCUT2D eigenvalue weighted by molar-refractivity contribution is 5.87. The first-order chi connectivity index (χ1) is 8.83. The van der Waals surface area contributed by atoms with Crippen molar-refractivity contribution in [3.8, 4) is 5.69 Å². The second-order valence-electron chi connectivity index (χ2n) is 4.61. The van der Waals surface area contributed by atoms with E-state index >= 15 is 0 Å². The topological polar surface area (TPSA) is 4.93 Å². The van der Waals surface area contributed by atoms with Crippen molar-refractivity contribution in [2.45, 2.75) is 20.3 Å². The first-order valence-corrected chi connectivity index (χ1v) is 6.47. The van der Waals surface area contributed by atoms with Crippen molar-refractivity contribution in [2.24, 2.45) is 0 Å². The molecule has 0 spiro atoms. The zero-order valence-corrected chi connectivity index (χ0v) is 10.9. The van der Waals surface area contributed by atoms with Gasteiger partial charge in [0, 0.05) is 16.8 Å². The Kier molecular flexibility index (Phi) is 2.67. The maximum atomic E-state index is 2.38. The summed E-state index contributed by atoms with van der Waals surface area (Å²) in [6, 6.07) is 19.2. The number of rotatable bonds is 2. The van der Waals surface area contributed by atoms with Gasteiger partial charge in [0.25, 0.3) is 0 Å². The number of benzene rings is 2. The fourth-order valence-electron chi connectivity index (χ4n) is 2.75. The molecule has 0 aliphatic rings. The van der Waals surface area contributed by atoms with E-state index in [0.717, 1.165) is 6.42 Å². The summed E-state index contributed by atoms with van der Waals surface area (Å²) in [6.45, 7) is 4.45. The van der Waals surface area contributed by atoms with Gasteiger partial charge in [-0.05, 0) is 37.1 Å². The smallest absolute Gasteiger partial charge is 0.0534 e. The Morgan fingerprint density at radius 3 is 2.28 bits per heavy atom. The monoisotopic (exact) mass is 235 g/mol. The molecule has 0 radical (unpaired) electrons. The molecule has 0 bridgehead atoms. The second kappa shape index (κ2) is 4.34. The summed E-state index contributed by atoms with van der Waals surface area (Å²) in [5.41, 5.74) is 5.36. The van der Waals surface area contributed by atoms with Crippen LogP contribution in [0, 0.1) is 6.92 Å². The Hall–Kier alpha value is -2.02. The van der Waals surface area contributed by atoms with E-state index in [9.17, 15) is 0 Å². The van der Waals surface area contributed by atoms with E-state index in [1.54, 1.807) is 0 Å². The Morgan fingerprint density at radius 1 is 0.889 bits per heavy atom. The van der Waals surface area contributed by atoms with Crippen LogP contribution in [0.25, 0.3) is 16.6 Å². The van der Waals surface area contributed by atoms with Gasteiger partial charge in [-0.1, -0.05) is 43.3 Å². The normalized spacial score (nSPS) is 11.0. The highest BCUT2D eigenvalue weighted by Gasteiger charge is 2.12. The lowest BCUT2D eigenvalue weighted by Gasteiger charge is -2.10. The van der Waals surface area contributed by atoms with Crippen LogP contribution in [0.1, 0.15) is 18.2 Å². The third-order valence-corrected chi connectivity index (χ3v) is 3.60. The third-order valence-electron chi connectivity index (χ3n) is 3.60. The van der Waals surface area contributed by atoms with Gasteiger partial charge < -0.3 is 4.57 Å². The number of aromatic nitrogens is 1. The molecular formula is C17H17N. The average molecular weight is 235 g/mol. The average Bonchev–Trinajstić information content (AvgIpc) is 2.73. The molecule has 1 heteroatoms. The van der Waals surface area contributed by atoms with Crippen LogP contribution in [-0.2, 0) is 6.42 Å². The van der Waals surface area contributed by atoms with Crippen LogP contribution in [0.15, 0.2) is 54.6 Å². The molecule has 0 fully saturated rings. The number of para-hydroxylation sites is 2. The minimum atomic E-state index is 1.05. The van der Waals surface area contributed by atoms with Crippen LogP contribution < -0.4 is 0 Å². The van der Waals surface area contributed by atoms with E-state index in [4.69, 9.17) is 0 Å². The summed E-state index contributed by atoms with van der Waals surface area (Å²) < 4.78 is 2.38. The van der Waals surface area contributed by atoms with Gasteiger partial charge in [0.15, 0.2) is 0 Å². The number of hydrogen-bond acceptors (Lipinski definition) is 0. The molecule has 3 aromatic rings. The van der Waals surface area contributed by atoms with Crippen LogP contribution in [0.4, 0.5) is 0 Å². The lowest BCUT2D eigenvalue weighted by molar-refractivity contribution is 0.947. The van der Waals surface area contributed by atoms with Gasteiger partial charge >= 0.3 is 0 Å². The molecule has 0 aliphatic heterocycles. The van der Waals surface area contributed by atoms with Gasteiger partial charge in [0.2, 0.25) is 0 Å². The summed E-state index contributed by atoms with van der Waals surface area (Å²) in [4.78, 5) is 0. The Bertz CT molecular complexity index is 677. The summed E-state index contributed by atoms with van der Waals surface area (Å²) in [5.74, 6) is 0. The minimum absolute atomic E-state index is 1.05. The van der Waals surface area contributed by atoms with E-state index in [1.807, 2.05) is 0 Å². The fourth-order valence-corrected chi connectivity index (χ4v) is 2.75. The lowest BCUT2D eigenvalue weighted by Crippen LogP contribution is -1.99. The largest absolute Gasteiger partial charge is 0.313 e. The highest BCUT2D eigenvalue weighted by Crippen LogP contribution is 2.29. The summed E-state index contributed by atoms with van der Waals surface area (Å²) in [5, 5.41) is 1.36. The van der Waals surface area contributed by atoms with E-state index < -0.39 is 0 Å². The van der Waals surface area contributed by atoms with Crippen molar-refractivity contribution in [1.82, 2.24) is 4.57 Å². The van der Waals surface area contributed by atoms with Gasteiger partial charge in [-0.15, -0.1) is 0 Å². The molecule has 0 unspecified atom stereocenters. The SMILES string of the molecule is CCc1c(C)c2ccccc2n1-c1ccccc1. The van der Waals surface area contributed by atoms with Crippen molar-refractivity contribution in [3.05, 3.63) is 65.9 Å². The molecule has 90 valence electrons. The first-order valence-electron chi connectivity index (χ1n) is 6.47. The van der Waals surface area contributed by atoms with Crippen LogP contribution >= 0.6 is 0 Å². The van der Waals surface area contributed by atoms with Gasteiger partial charge in [0.05, 0.1) is 5.52 Å². The van der Waals surface area contributed by atoms with Gasteiger partial charge in [-0.25, -0.2) is 0 Å². The molecule has 0 amide bonds. The number of hydrogen-bond donors (Lipinski definition) is 0. The molecule has 0 saturated carbocycles. The number of fused-ring (bicyclic) bond motifs is 1. The summed E-state index contributed by atoms with van der Waals surface area (Å²) in [6.07, 6.45) is 1.05.